The monoisotopic (exact) mass is 473 g/mol. The number of Topliss-reactive ketones (excluding diaryl/α,β-unsaturated/α-hetero) is 1. The van der Waals surface area contributed by atoms with Gasteiger partial charge in [-0.05, 0) is 73.1 Å². The topological polar surface area (TPSA) is 125 Å². The summed E-state index contributed by atoms with van der Waals surface area (Å²) in [7, 11) is 0. The molecule has 3 fully saturated rings. The summed E-state index contributed by atoms with van der Waals surface area (Å²) in [6, 6.07) is 5.01. The van der Waals surface area contributed by atoms with Gasteiger partial charge in [-0.3, -0.25) is 9.59 Å². The molecule has 5 rings (SSSR count). The van der Waals surface area contributed by atoms with E-state index in [2.05, 4.69) is 18.3 Å². The van der Waals surface area contributed by atoms with Crippen molar-refractivity contribution in [3.05, 3.63) is 29.3 Å². The van der Waals surface area contributed by atoms with Gasteiger partial charge in [0.25, 0.3) is 0 Å². The van der Waals surface area contributed by atoms with Gasteiger partial charge in [-0.1, -0.05) is 13.0 Å². The Bertz CT molecular complexity index is 966. The minimum atomic E-state index is -1.35. The molecule has 1 amide bonds. The zero-order chi connectivity index (χ0) is 24.2. The molecular formula is C26H35NO7. The largest absolute Gasteiger partial charge is 0.463 e. The molecule has 1 aliphatic heterocycles. The van der Waals surface area contributed by atoms with Crippen LogP contribution < -0.4 is 10.1 Å². The summed E-state index contributed by atoms with van der Waals surface area (Å²) in [6.45, 7) is 3.01. The number of ketones is 1. The van der Waals surface area contributed by atoms with Crippen LogP contribution in [0.4, 0.5) is 0 Å². The van der Waals surface area contributed by atoms with Crippen molar-refractivity contribution in [3.8, 4) is 5.75 Å². The van der Waals surface area contributed by atoms with Crippen molar-refractivity contribution in [2.24, 2.45) is 17.3 Å². The van der Waals surface area contributed by atoms with Crippen molar-refractivity contribution in [1.82, 2.24) is 5.32 Å². The lowest BCUT2D eigenvalue weighted by Gasteiger charge is -2.48. The first kappa shape index (κ1) is 23.7. The van der Waals surface area contributed by atoms with Gasteiger partial charge in [-0.2, -0.15) is 0 Å². The number of carbonyl (C=O) groups excluding carboxylic acids is 2. The molecule has 2 saturated carbocycles. The summed E-state index contributed by atoms with van der Waals surface area (Å²) < 4.78 is 11.8. The van der Waals surface area contributed by atoms with Crippen LogP contribution in [0.3, 0.4) is 0 Å². The van der Waals surface area contributed by atoms with Crippen molar-refractivity contribution in [1.29, 1.82) is 0 Å². The second-order valence-electron chi connectivity index (χ2n) is 10.7. The second-order valence-corrected chi connectivity index (χ2v) is 10.7. The summed E-state index contributed by atoms with van der Waals surface area (Å²) in [4.78, 5) is 24.2. The van der Waals surface area contributed by atoms with Crippen LogP contribution in [0.1, 0.15) is 63.0 Å². The molecule has 4 aliphatic rings. The molecule has 1 aromatic carbocycles. The second kappa shape index (κ2) is 8.90. The number of aryl methyl sites for hydroxylation is 1. The summed E-state index contributed by atoms with van der Waals surface area (Å²) in [5.41, 5.74) is 2.41. The highest BCUT2D eigenvalue weighted by atomic mass is 16.7. The van der Waals surface area contributed by atoms with Gasteiger partial charge < -0.3 is 30.1 Å². The average Bonchev–Trinajstić information content (AvgIpc) is 3.12. The predicted molar refractivity (Wildman–Crippen MR) is 122 cm³/mol. The lowest BCUT2D eigenvalue weighted by Crippen LogP contribution is -2.65. The van der Waals surface area contributed by atoms with Crippen LogP contribution in [-0.2, 0) is 20.7 Å². The Hall–Kier alpha value is -2.00. The molecule has 186 valence electrons. The first-order valence-electron chi connectivity index (χ1n) is 12.4. The molecule has 8 nitrogen and oxygen atoms in total. The predicted octanol–water partition coefficient (Wildman–Crippen LogP) is 1.43. The Labute approximate surface area is 199 Å². The maximum Gasteiger partial charge on any atom is 0.223 e. The summed E-state index contributed by atoms with van der Waals surface area (Å²) >= 11 is 0. The van der Waals surface area contributed by atoms with Gasteiger partial charge in [0.05, 0.1) is 6.61 Å². The molecule has 0 spiro atoms. The Balaban J connectivity index is 1.36. The molecule has 3 aliphatic carbocycles. The number of hydrogen-bond donors (Lipinski definition) is 4. The van der Waals surface area contributed by atoms with E-state index in [9.17, 15) is 24.9 Å². The highest BCUT2D eigenvalue weighted by Crippen LogP contribution is 2.59. The molecule has 34 heavy (non-hydrogen) atoms. The number of fused-ring (bicyclic) bond motifs is 5. The number of aliphatic hydroxyl groups is 3. The van der Waals surface area contributed by atoms with Crippen LogP contribution in [0.2, 0.25) is 0 Å². The van der Waals surface area contributed by atoms with Gasteiger partial charge in [0, 0.05) is 18.8 Å². The minimum Gasteiger partial charge on any atom is -0.463 e. The van der Waals surface area contributed by atoms with E-state index in [1.54, 1.807) is 0 Å². The van der Waals surface area contributed by atoms with Crippen LogP contribution >= 0.6 is 0 Å². The highest BCUT2D eigenvalue weighted by Gasteiger charge is 2.54. The van der Waals surface area contributed by atoms with Gasteiger partial charge in [-0.25, -0.2) is 0 Å². The van der Waals surface area contributed by atoms with Gasteiger partial charge in [-0.15, -0.1) is 0 Å². The van der Waals surface area contributed by atoms with E-state index in [0.29, 0.717) is 29.3 Å². The molecule has 0 radical (unpaired) electrons. The zero-order valence-corrected chi connectivity index (χ0v) is 19.8. The van der Waals surface area contributed by atoms with E-state index in [0.717, 1.165) is 38.5 Å². The lowest BCUT2D eigenvalue weighted by atomic mass is 9.55. The fraction of sp³-hybridized carbons (Fsp3) is 0.692. The van der Waals surface area contributed by atoms with Crippen LogP contribution in [0.25, 0.3) is 0 Å². The number of ether oxygens (including phenoxy) is 2. The lowest BCUT2D eigenvalue weighted by molar-refractivity contribution is -0.244. The summed E-state index contributed by atoms with van der Waals surface area (Å²) in [5, 5.41) is 32.9. The standard InChI is InChI=1S/C26H35NO7/c1-13(29)27-22-24(32)23(31)20(12-28)34-25(22)33-15-4-6-16-14(11-15)3-5-18-17(16)9-10-26(2)19(18)7-8-21(26)30/h4,6,11,17-20,22-25,28,31-32H,3,5,7-10,12H2,1-2H3,(H,27,29)/t17-,18-,19-,20-,22+,23+,24-,25-,26+/m1/s1. The van der Waals surface area contributed by atoms with E-state index < -0.39 is 37.3 Å². The molecule has 1 aromatic rings. The number of aliphatic hydroxyl groups excluding tert-OH is 3. The Morgan fingerprint density at radius 1 is 1.21 bits per heavy atom. The fourth-order valence-corrected chi connectivity index (χ4v) is 7.11. The van der Waals surface area contributed by atoms with E-state index in [-0.39, 0.29) is 11.3 Å². The van der Waals surface area contributed by atoms with E-state index >= 15 is 0 Å². The fourth-order valence-electron chi connectivity index (χ4n) is 7.11. The first-order chi connectivity index (χ1) is 16.2. The summed E-state index contributed by atoms with van der Waals surface area (Å²) in [6.07, 6.45) is 0.902. The Morgan fingerprint density at radius 3 is 2.74 bits per heavy atom. The number of carbonyl (C=O) groups is 2. The third kappa shape index (κ3) is 3.85. The first-order valence-corrected chi connectivity index (χ1v) is 12.4. The molecule has 0 aromatic heterocycles. The maximum atomic E-state index is 12.6. The Morgan fingerprint density at radius 2 is 2.00 bits per heavy atom. The molecule has 4 N–H and O–H groups in total. The van der Waals surface area contributed by atoms with Crippen LogP contribution in [0.5, 0.6) is 5.75 Å². The maximum absolute atomic E-state index is 12.6. The van der Waals surface area contributed by atoms with E-state index in [1.807, 2.05) is 12.1 Å². The van der Waals surface area contributed by atoms with E-state index in [1.165, 1.54) is 18.1 Å². The third-order valence-electron chi connectivity index (χ3n) is 8.91. The van der Waals surface area contributed by atoms with Gasteiger partial charge >= 0.3 is 0 Å². The van der Waals surface area contributed by atoms with Crippen molar-refractivity contribution < 1.29 is 34.4 Å². The number of benzene rings is 1. The van der Waals surface area contributed by atoms with Crippen LogP contribution in [0.15, 0.2) is 18.2 Å². The van der Waals surface area contributed by atoms with Crippen LogP contribution in [-0.4, -0.2) is 64.3 Å². The zero-order valence-electron chi connectivity index (χ0n) is 19.8. The molecule has 1 saturated heterocycles. The van der Waals surface area contributed by atoms with Crippen molar-refractivity contribution in [3.63, 3.8) is 0 Å². The van der Waals surface area contributed by atoms with Gasteiger partial charge in [0.1, 0.15) is 35.9 Å². The quantitative estimate of drug-likeness (QED) is 0.521. The SMILES string of the molecule is CC(=O)N[C@@H]1[C@H](Oc2ccc3c(c2)CC[C@@H]2[C@@H]3CC[C@]3(C)C(=O)CC[C@H]23)O[C@H](CO)[C@H](O)[C@@H]1O. The van der Waals surface area contributed by atoms with E-state index in [4.69, 9.17) is 9.47 Å². The molecule has 0 unspecified atom stereocenters. The Kier molecular flexibility index (Phi) is 6.21. The number of nitrogens with one attached hydrogen (secondary N) is 1. The number of hydrogen-bond acceptors (Lipinski definition) is 7. The average molecular weight is 474 g/mol. The molecular weight excluding hydrogens is 438 g/mol. The van der Waals surface area contributed by atoms with Crippen molar-refractivity contribution in [2.45, 2.75) is 88.9 Å². The smallest absolute Gasteiger partial charge is 0.223 e. The van der Waals surface area contributed by atoms with Gasteiger partial charge in [0.2, 0.25) is 12.2 Å². The van der Waals surface area contributed by atoms with Crippen LogP contribution in [0, 0.1) is 17.3 Å². The summed E-state index contributed by atoms with van der Waals surface area (Å²) in [5.74, 6) is 2.07. The minimum absolute atomic E-state index is 0.145. The third-order valence-corrected chi connectivity index (χ3v) is 8.91. The number of amides is 1. The van der Waals surface area contributed by atoms with Gasteiger partial charge in [0.15, 0.2) is 0 Å². The molecule has 1 heterocycles. The number of rotatable bonds is 4. The molecule has 9 atom stereocenters. The highest BCUT2D eigenvalue weighted by molar-refractivity contribution is 5.87. The van der Waals surface area contributed by atoms with Crippen molar-refractivity contribution >= 4 is 11.7 Å². The molecule has 0 bridgehead atoms. The van der Waals surface area contributed by atoms with Crippen molar-refractivity contribution in [2.75, 3.05) is 6.61 Å². The normalized spacial score (nSPS) is 41.3. The molecule has 8 heteroatoms.